The first-order valence-corrected chi connectivity index (χ1v) is 5.07. The van der Waals surface area contributed by atoms with E-state index >= 15 is 0 Å². The number of hydrogen-bond acceptors (Lipinski definition) is 1. The van der Waals surface area contributed by atoms with Gasteiger partial charge in [0.05, 0.1) is 5.92 Å². The molecule has 2 heteroatoms. The highest BCUT2D eigenvalue weighted by Gasteiger charge is 2.25. The number of carboxylic acids is 1. The molecule has 0 aromatic rings. The smallest absolute Gasteiger partial charge is 0.306 e. The summed E-state index contributed by atoms with van der Waals surface area (Å²) >= 11 is 0. The lowest BCUT2D eigenvalue weighted by Gasteiger charge is -2.25. The summed E-state index contributed by atoms with van der Waals surface area (Å²) in [5.74, 6) is 0.0655. The van der Waals surface area contributed by atoms with Gasteiger partial charge in [0.2, 0.25) is 0 Å². The van der Waals surface area contributed by atoms with Gasteiger partial charge < -0.3 is 5.11 Å². The molecule has 1 aliphatic carbocycles. The number of rotatable bonds is 4. The fourth-order valence-corrected chi connectivity index (χ4v) is 2.05. The molecule has 0 radical (unpaired) electrons. The first-order valence-electron chi connectivity index (χ1n) is 5.07. The third-order valence-electron chi connectivity index (χ3n) is 2.98. The predicted octanol–water partition coefficient (Wildman–Crippen LogP) is 2.84. The Morgan fingerprint density at radius 1 is 1.38 bits per heavy atom. The van der Waals surface area contributed by atoms with E-state index in [0.29, 0.717) is 0 Å². The van der Waals surface area contributed by atoms with Crippen LogP contribution in [-0.2, 0) is 4.79 Å². The van der Waals surface area contributed by atoms with Crippen molar-refractivity contribution in [2.45, 2.75) is 38.5 Å². The maximum absolute atomic E-state index is 10.7. The molecule has 0 bridgehead atoms. The fourth-order valence-electron chi connectivity index (χ4n) is 2.05. The van der Waals surface area contributed by atoms with Crippen LogP contribution in [0.1, 0.15) is 38.5 Å². The van der Waals surface area contributed by atoms with Crippen molar-refractivity contribution in [2.24, 2.45) is 11.8 Å². The minimum Gasteiger partial charge on any atom is -0.481 e. The summed E-state index contributed by atoms with van der Waals surface area (Å²) in [6, 6.07) is 0. The van der Waals surface area contributed by atoms with Gasteiger partial charge in [0, 0.05) is 0 Å². The van der Waals surface area contributed by atoms with Crippen molar-refractivity contribution < 1.29 is 9.90 Å². The van der Waals surface area contributed by atoms with Gasteiger partial charge in [0.25, 0.3) is 0 Å². The first-order chi connectivity index (χ1) is 6.24. The largest absolute Gasteiger partial charge is 0.481 e. The van der Waals surface area contributed by atoms with Gasteiger partial charge >= 0.3 is 5.97 Å². The quantitative estimate of drug-likeness (QED) is 0.679. The molecule has 0 amide bonds. The van der Waals surface area contributed by atoms with Crippen LogP contribution in [0.4, 0.5) is 0 Å². The Morgan fingerprint density at radius 3 is 2.46 bits per heavy atom. The lowest BCUT2D eigenvalue weighted by atomic mass is 9.80. The Bertz CT molecular complexity index is 179. The van der Waals surface area contributed by atoms with Crippen LogP contribution in [0.5, 0.6) is 0 Å². The molecule has 1 aliphatic rings. The molecule has 0 heterocycles. The molecule has 1 fully saturated rings. The Balaban J connectivity index is 2.22. The van der Waals surface area contributed by atoms with Crippen LogP contribution in [-0.4, -0.2) is 11.1 Å². The van der Waals surface area contributed by atoms with Crippen molar-refractivity contribution in [2.75, 3.05) is 0 Å². The highest BCUT2D eigenvalue weighted by molar-refractivity contribution is 5.69. The first kappa shape index (κ1) is 10.3. The molecule has 0 aromatic carbocycles. The number of hydrogen-bond donors (Lipinski definition) is 1. The topological polar surface area (TPSA) is 37.3 Å². The Morgan fingerprint density at radius 2 is 2.00 bits per heavy atom. The molecule has 1 N–H and O–H groups in total. The van der Waals surface area contributed by atoms with Crippen molar-refractivity contribution in [3.8, 4) is 0 Å². The van der Waals surface area contributed by atoms with Gasteiger partial charge in [-0.15, -0.1) is 6.58 Å². The summed E-state index contributed by atoms with van der Waals surface area (Å²) in [4.78, 5) is 10.7. The van der Waals surface area contributed by atoms with E-state index in [4.69, 9.17) is 5.11 Å². The van der Waals surface area contributed by atoms with Gasteiger partial charge in [-0.1, -0.05) is 6.08 Å². The van der Waals surface area contributed by atoms with Gasteiger partial charge in [-0.25, -0.2) is 0 Å². The Labute approximate surface area is 79.6 Å². The summed E-state index contributed by atoms with van der Waals surface area (Å²) in [5, 5.41) is 8.78. The lowest BCUT2D eigenvalue weighted by molar-refractivity contribution is -0.143. The third-order valence-corrected chi connectivity index (χ3v) is 2.98. The van der Waals surface area contributed by atoms with Crippen molar-refractivity contribution in [3.63, 3.8) is 0 Å². The van der Waals surface area contributed by atoms with Gasteiger partial charge in [0.1, 0.15) is 0 Å². The number of carbonyl (C=O) groups is 1. The molecular formula is C11H18O2. The molecule has 1 saturated carbocycles. The zero-order valence-electron chi connectivity index (χ0n) is 8.04. The van der Waals surface area contributed by atoms with E-state index in [1.165, 1.54) is 6.42 Å². The second-order valence-corrected chi connectivity index (χ2v) is 3.92. The SMILES string of the molecule is C=CCCC1CCC(C(=O)O)CC1. The average Bonchev–Trinajstić information content (AvgIpc) is 2.15. The molecule has 1 rings (SSSR count). The van der Waals surface area contributed by atoms with E-state index in [0.717, 1.165) is 38.0 Å². The zero-order chi connectivity index (χ0) is 9.68. The highest BCUT2D eigenvalue weighted by atomic mass is 16.4. The van der Waals surface area contributed by atoms with Gasteiger partial charge in [-0.05, 0) is 44.4 Å². The average molecular weight is 182 g/mol. The van der Waals surface area contributed by atoms with E-state index in [1.54, 1.807) is 0 Å². The number of carboxylic acid groups (broad SMARTS) is 1. The second-order valence-electron chi connectivity index (χ2n) is 3.92. The molecule has 0 spiro atoms. The third kappa shape index (κ3) is 3.21. The maximum Gasteiger partial charge on any atom is 0.306 e. The standard InChI is InChI=1S/C11H18O2/c1-2-3-4-9-5-7-10(8-6-9)11(12)13/h2,9-10H,1,3-8H2,(H,12,13). The zero-order valence-corrected chi connectivity index (χ0v) is 8.04. The predicted molar refractivity (Wildman–Crippen MR) is 52.5 cm³/mol. The maximum atomic E-state index is 10.7. The normalized spacial score (nSPS) is 28.3. The van der Waals surface area contributed by atoms with E-state index in [9.17, 15) is 4.79 Å². The Kier molecular flexibility index (Phi) is 4.00. The van der Waals surface area contributed by atoms with Crippen LogP contribution >= 0.6 is 0 Å². The summed E-state index contributed by atoms with van der Waals surface area (Å²) in [6.45, 7) is 3.69. The molecule has 0 atom stereocenters. The van der Waals surface area contributed by atoms with Gasteiger partial charge in [0.15, 0.2) is 0 Å². The van der Waals surface area contributed by atoms with Crippen LogP contribution in [0.25, 0.3) is 0 Å². The van der Waals surface area contributed by atoms with Crippen LogP contribution in [0, 0.1) is 11.8 Å². The van der Waals surface area contributed by atoms with Crippen molar-refractivity contribution in [1.82, 2.24) is 0 Å². The van der Waals surface area contributed by atoms with Crippen LogP contribution in [0.3, 0.4) is 0 Å². The van der Waals surface area contributed by atoms with Crippen LogP contribution in [0.15, 0.2) is 12.7 Å². The number of allylic oxidation sites excluding steroid dienone is 1. The van der Waals surface area contributed by atoms with Crippen molar-refractivity contribution >= 4 is 5.97 Å². The molecule has 2 nitrogen and oxygen atoms in total. The molecule has 0 aromatic heterocycles. The Hall–Kier alpha value is -0.790. The van der Waals surface area contributed by atoms with Crippen LogP contribution in [0.2, 0.25) is 0 Å². The lowest BCUT2D eigenvalue weighted by Crippen LogP contribution is -2.21. The minimum atomic E-state index is -0.609. The fraction of sp³-hybridized carbons (Fsp3) is 0.727. The molecule has 0 saturated heterocycles. The highest BCUT2D eigenvalue weighted by Crippen LogP contribution is 2.31. The molecule has 0 unspecified atom stereocenters. The second kappa shape index (κ2) is 5.05. The summed E-state index contributed by atoms with van der Waals surface area (Å²) in [6.07, 6.45) is 8.13. The monoisotopic (exact) mass is 182 g/mol. The van der Waals surface area contributed by atoms with E-state index in [-0.39, 0.29) is 5.92 Å². The molecule has 0 aliphatic heterocycles. The number of aliphatic carboxylic acids is 1. The van der Waals surface area contributed by atoms with E-state index in [1.807, 2.05) is 6.08 Å². The van der Waals surface area contributed by atoms with Gasteiger partial charge in [-0.3, -0.25) is 4.79 Å². The van der Waals surface area contributed by atoms with Gasteiger partial charge in [-0.2, -0.15) is 0 Å². The minimum absolute atomic E-state index is 0.0695. The van der Waals surface area contributed by atoms with E-state index < -0.39 is 5.97 Å². The van der Waals surface area contributed by atoms with E-state index in [2.05, 4.69) is 6.58 Å². The summed E-state index contributed by atoms with van der Waals surface area (Å²) < 4.78 is 0. The molecule has 74 valence electrons. The van der Waals surface area contributed by atoms with Crippen LogP contribution < -0.4 is 0 Å². The van der Waals surface area contributed by atoms with Crippen molar-refractivity contribution in [3.05, 3.63) is 12.7 Å². The van der Waals surface area contributed by atoms with Crippen molar-refractivity contribution in [1.29, 1.82) is 0 Å². The summed E-state index contributed by atoms with van der Waals surface area (Å²) in [5.41, 5.74) is 0. The molecular weight excluding hydrogens is 164 g/mol. The summed E-state index contributed by atoms with van der Waals surface area (Å²) in [7, 11) is 0. The molecule has 13 heavy (non-hydrogen) atoms.